The number of aryl methyl sites for hydroxylation is 2. The fourth-order valence-corrected chi connectivity index (χ4v) is 6.62. The molecule has 5 heteroatoms. The van der Waals surface area contributed by atoms with Gasteiger partial charge in [-0.3, -0.25) is 4.98 Å². The van der Waals surface area contributed by atoms with Crippen molar-refractivity contribution in [3.05, 3.63) is 113 Å². The first-order valence-corrected chi connectivity index (χ1v) is 15.5. The Morgan fingerprint density at radius 1 is 0.614 bits per heavy atom. The Balaban J connectivity index is 1.37. The molecule has 2 heterocycles. The Morgan fingerprint density at radius 3 is 1.91 bits per heavy atom. The van der Waals surface area contributed by atoms with Crippen LogP contribution in [0.3, 0.4) is 0 Å². The van der Waals surface area contributed by atoms with E-state index in [2.05, 4.69) is 129 Å². The average Bonchev–Trinajstić information content (AvgIpc) is 3.10. The Labute approximate surface area is 261 Å². The van der Waals surface area contributed by atoms with Crippen molar-refractivity contribution in [3.63, 3.8) is 0 Å². The number of rotatable bonds is 7. The molecule has 0 bridgehead atoms. The van der Waals surface area contributed by atoms with Gasteiger partial charge in [0, 0.05) is 29.3 Å². The maximum atomic E-state index is 6.54. The number of ether oxygens (including phenoxy) is 1. The van der Waals surface area contributed by atoms with Crippen LogP contribution >= 0.6 is 0 Å². The molecular weight excluding hydrogens is 540 g/mol. The van der Waals surface area contributed by atoms with Gasteiger partial charge in [0.05, 0.1) is 6.61 Å². The van der Waals surface area contributed by atoms with Crippen LogP contribution in [-0.2, 0) is 17.3 Å². The number of pyridine rings is 1. The van der Waals surface area contributed by atoms with Gasteiger partial charge < -0.3 is 4.74 Å². The first-order chi connectivity index (χ1) is 20.9. The van der Waals surface area contributed by atoms with Gasteiger partial charge in [-0.2, -0.15) is 0 Å². The van der Waals surface area contributed by atoms with Crippen LogP contribution in [-0.4, -0.2) is 26.5 Å². The Hall–Kier alpha value is -4.38. The zero-order chi connectivity index (χ0) is 31.3. The molecule has 44 heavy (non-hydrogen) atoms. The van der Waals surface area contributed by atoms with Crippen molar-refractivity contribution in [3.8, 4) is 39.5 Å². The second-order valence-corrected chi connectivity index (χ2v) is 13.6. The molecule has 0 saturated carbocycles. The van der Waals surface area contributed by atoms with Gasteiger partial charge in [0.25, 0.3) is 0 Å². The van der Waals surface area contributed by atoms with Gasteiger partial charge in [0.15, 0.2) is 5.82 Å². The van der Waals surface area contributed by atoms with Crippen LogP contribution in [0, 0.1) is 19.3 Å². The largest absolute Gasteiger partial charge is 0.491 e. The monoisotopic (exact) mass is 582 g/mol. The van der Waals surface area contributed by atoms with Crippen molar-refractivity contribution in [2.45, 2.75) is 72.6 Å². The predicted molar refractivity (Wildman–Crippen MR) is 179 cm³/mol. The van der Waals surface area contributed by atoms with E-state index in [1.54, 1.807) is 0 Å². The van der Waals surface area contributed by atoms with Gasteiger partial charge in [-0.15, -0.1) is 0 Å². The van der Waals surface area contributed by atoms with E-state index in [4.69, 9.17) is 9.72 Å². The number of fused-ring (bicyclic) bond motifs is 1. The second kappa shape index (κ2) is 11.0. The standard InChI is InChI=1S/C39H42N4O/c1-25-41-26(2)43-36(42-25)29-16-14-28(15-17-29)31-23-34(44-21-20-27-12-10-9-11-13-27)35(40-24-31)30-18-19-32-33(22-30)38(5,6)39(7,8)37(32,3)4/h9-19,22-24H,20-21H2,1-8H3. The van der Waals surface area contributed by atoms with E-state index in [0.717, 1.165) is 51.8 Å². The van der Waals surface area contributed by atoms with Crippen LogP contribution in [0.1, 0.15) is 69.9 Å². The molecule has 224 valence electrons. The van der Waals surface area contributed by atoms with E-state index < -0.39 is 0 Å². The summed E-state index contributed by atoms with van der Waals surface area (Å²) in [4.78, 5) is 18.4. The molecule has 0 saturated heterocycles. The van der Waals surface area contributed by atoms with E-state index in [0.29, 0.717) is 12.4 Å². The molecule has 1 aliphatic rings. The molecular formula is C39H42N4O. The van der Waals surface area contributed by atoms with Crippen LogP contribution in [0.15, 0.2) is 85.1 Å². The number of hydrogen-bond donors (Lipinski definition) is 0. The number of hydrogen-bond acceptors (Lipinski definition) is 5. The van der Waals surface area contributed by atoms with E-state index in [1.807, 2.05) is 26.1 Å². The summed E-state index contributed by atoms with van der Waals surface area (Å²) in [6.07, 6.45) is 2.78. The van der Waals surface area contributed by atoms with E-state index in [-0.39, 0.29) is 16.2 Å². The zero-order valence-electron chi connectivity index (χ0n) is 27.2. The molecule has 0 radical (unpaired) electrons. The van der Waals surface area contributed by atoms with Crippen LogP contribution in [0.25, 0.3) is 33.8 Å². The van der Waals surface area contributed by atoms with Gasteiger partial charge in [-0.25, -0.2) is 15.0 Å². The molecule has 2 aromatic heterocycles. The lowest BCUT2D eigenvalue weighted by Crippen LogP contribution is -2.42. The highest BCUT2D eigenvalue weighted by Gasteiger charge is 2.56. The van der Waals surface area contributed by atoms with E-state index >= 15 is 0 Å². The van der Waals surface area contributed by atoms with Crippen molar-refractivity contribution >= 4 is 0 Å². The quantitative estimate of drug-likeness (QED) is 0.192. The summed E-state index contributed by atoms with van der Waals surface area (Å²) in [5.74, 6) is 2.91. The molecule has 1 aliphatic carbocycles. The molecule has 5 nitrogen and oxygen atoms in total. The Bertz CT molecular complexity index is 1800. The number of nitrogens with zero attached hydrogens (tertiary/aromatic N) is 4. The van der Waals surface area contributed by atoms with Gasteiger partial charge in [0.1, 0.15) is 23.1 Å². The first-order valence-electron chi connectivity index (χ1n) is 15.5. The smallest absolute Gasteiger partial charge is 0.163 e. The molecule has 0 N–H and O–H groups in total. The number of benzene rings is 3. The molecule has 0 aliphatic heterocycles. The zero-order valence-corrected chi connectivity index (χ0v) is 27.2. The minimum absolute atomic E-state index is 0.00741. The molecule has 0 amide bonds. The van der Waals surface area contributed by atoms with Gasteiger partial charge >= 0.3 is 0 Å². The van der Waals surface area contributed by atoms with Crippen LogP contribution in [0.4, 0.5) is 0 Å². The molecule has 0 spiro atoms. The molecule has 0 unspecified atom stereocenters. The minimum atomic E-state index is 0.00741. The summed E-state index contributed by atoms with van der Waals surface area (Å²) in [5.41, 5.74) is 9.20. The summed E-state index contributed by atoms with van der Waals surface area (Å²) in [5, 5.41) is 0. The summed E-state index contributed by atoms with van der Waals surface area (Å²) in [6, 6.07) is 27.8. The molecule has 5 aromatic rings. The number of aromatic nitrogens is 4. The molecule has 6 rings (SSSR count). The lowest BCUT2D eigenvalue weighted by Gasteiger charge is -2.44. The maximum Gasteiger partial charge on any atom is 0.163 e. The van der Waals surface area contributed by atoms with Crippen molar-refractivity contribution in [2.24, 2.45) is 5.41 Å². The fourth-order valence-electron chi connectivity index (χ4n) is 6.62. The summed E-state index contributed by atoms with van der Waals surface area (Å²) >= 11 is 0. The lowest BCUT2D eigenvalue weighted by atomic mass is 9.59. The van der Waals surface area contributed by atoms with Crippen molar-refractivity contribution in [1.82, 2.24) is 19.9 Å². The lowest BCUT2D eigenvalue weighted by molar-refractivity contribution is 0.125. The Morgan fingerprint density at radius 2 is 1.23 bits per heavy atom. The normalized spacial score (nSPS) is 16.0. The van der Waals surface area contributed by atoms with Crippen molar-refractivity contribution in [1.29, 1.82) is 0 Å². The fraction of sp³-hybridized carbons (Fsp3) is 0.333. The minimum Gasteiger partial charge on any atom is -0.491 e. The van der Waals surface area contributed by atoms with E-state index in [1.165, 1.54) is 16.7 Å². The molecule has 0 fully saturated rings. The SMILES string of the molecule is Cc1nc(C)nc(-c2ccc(-c3cnc(-c4ccc5c(c4)C(C)(C)C(C)(C)C5(C)C)c(OCCc4ccccc4)c3)cc2)n1. The summed E-state index contributed by atoms with van der Waals surface area (Å²) in [6.45, 7) is 18.6. The summed E-state index contributed by atoms with van der Waals surface area (Å²) < 4.78 is 6.54. The topological polar surface area (TPSA) is 60.8 Å². The maximum absolute atomic E-state index is 6.54. The van der Waals surface area contributed by atoms with Gasteiger partial charge in [-0.1, -0.05) is 108 Å². The van der Waals surface area contributed by atoms with Gasteiger partial charge in [-0.05, 0) is 64.5 Å². The van der Waals surface area contributed by atoms with Crippen molar-refractivity contribution in [2.75, 3.05) is 6.61 Å². The third kappa shape index (κ3) is 5.08. The third-order valence-electron chi connectivity index (χ3n) is 10.4. The Kier molecular flexibility index (Phi) is 7.39. The highest BCUT2D eigenvalue weighted by atomic mass is 16.5. The van der Waals surface area contributed by atoms with E-state index in [9.17, 15) is 0 Å². The highest BCUT2D eigenvalue weighted by Crippen LogP contribution is 2.61. The predicted octanol–water partition coefficient (Wildman–Crippen LogP) is 9.10. The molecule has 0 atom stereocenters. The summed E-state index contributed by atoms with van der Waals surface area (Å²) in [7, 11) is 0. The first kappa shape index (κ1) is 29.7. The molecule has 3 aromatic carbocycles. The van der Waals surface area contributed by atoms with Crippen LogP contribution < -0.4 is 4.74 Å². The van der Waals surface area contributed by atoms with Crippen LogP contribution in [0.2, 0.25) is 0 Å². The second-order valence-electron chi connectivity index (χ2n) is 13.6. The highest BCUT2D eigenvalue weighted by molar-refractivity contribution is 5.75. The van der Waals surface area contributed by atoms with Crippen LogP contribution in [0.5, 0.6) is 5.75 Å². The third-order valence-corrected chi connectivity index (χ3v) is 10.4. The van der Waals surface area contributed by atoms with Gasteiger partial charge in [0.2, 0.25) is 0 Å². The van der Waals surface area contributed by atoms with Crippen molar-refractivity contribution < 1.29 is 4.74 Å². The average molecular weight is 583 g/mol.